The van der Waals surface area contributed by atoms with E-state index in [2.05, 4.69) is 22.1 Å². The third-order valence-electron chi connectivity index (χ3n) is 2.49. The second-order valence-electron chi connectivity index (χ2n) is 4.08. The van der Waals surface area contributed by atoms with Crippen molar-refractivity contribution in [1.82, 2.24) is 4.98 Å². The van der Waals surface area contributed by atoms with Gasteiger partial charge in [0.1, 0.15) is 4.88 Å². The van der Waals surface area contributed by atoms with E-state index in [0.717, 1.165) is 5.69 Å². The second kappa shape index (κ2) is 6.85. The van der Waals surface area contributed by atoms with E-state index in [4.69, 9.17) is 5.11 Å². The number of amides is 1. The van der Waals surface area contributed by atoms with Crippen molar-refractivity contribution in [3.63, 3.8) is 0 Å². The summed E-state index contributed by atoms with van der Waals surface area (Å²) in [6.07, 6.45) is 2.06. The van der Waals surface area contributed by atoms with Crippen molar-refractivity contribution in [2.45, 2.75) is 13.3 Å². The van der Waals surface area contributed by atoms with Crippen LogP contribution in [0.2, 0.25) is 0 Å². The summed E-state index contributed by atoms with van der Waals surface area (Å²) in [6.45, 7) is 1.89. The molecule has 0 atom stereocenters. The molecule has 0 aromatic carbocycles. The van der Waals surface area contributed by atoms with E-state index in [1.165, 1.54) is 11.3 Å². The predicted molar refractivity (Wildman–Crippen MR) is 79.8 cm³/mol. The van der Waals surface area contributed by atoms with Crippen molar-refractivity contribution < 1.29 is 9.90 Å². The van der Waals surface area contributed by atoms with Gasteiger partial charge in [-0.2, -0.15) is 0 Å². The van der Waals surface area contributed by atoms with Crippen molar-refractivity contribution in [3.05, 3.63) is 45.9 Å². The van der Waals surface area contributed by atoms with E-state index in [0.29, 0.717) is 22.5 Å². The fourth-order valence-electron chi connectivity index (χ4n) is 1.61. The molecule has 1 amide bonds. The lowest BCUT2D eigenvalue weighted by atomic mass is 10.2. The first-order chi connectivity index (χ1) is 9.70. The fourth-order valence-corrected chi connectivity index (χ4v) is 2.35. The minimum absolute atomic E-state index is 0.0228. The van der Waals surface area contributed by atoms with Crippen LogP contribution in [-0.2, 0) is 0 Å². The lowest BCUT2D eigenvalue weighted by Crippen LogP contribution is -2.11. The molecule has 0 aliphatic rings. The lowest BCUT2D eigenvalue weighted by molar-refractivity contribution is 0.103. The molecule has 0 aliphatic carbocycles. The summed E-state index contributed by atoms with van der Waals surface area (Å²) in [6, 6.07) is 5.36. The topological polar surface area (TPSA) is 62.2 Å². The number of nitrogens with zero attached hydrogens (tertiary/aromatic N) is 1. The molecule has 4 nitrogen and oxygen atoms in total. The minimum atomic E-state index is -0.182. The summed E-state index contributed by atoms with van der Waals surface area (Å²) in [5, 5.41) is 13.4. The summed E-state index contributed by atoms with van der Waals surface area (Å²) in [5.74, 6) is 5.54. The minimum Gasteiger partial charge on any atom is -0.395 e. The number of carbonyl (C=O) groups excluding carboxylic acids is 1. The summed E-state index contributed by atoms with van der Waals surface area (Å²) in [7, 11) is 0. The Morgan fingerprint density at radius 1 is 1.50 bits per heavy atom. The van der Waals surface area contributed by atoms with Crippen LogP contribution in [0.25, 0.3) is 0 Å². The summed E-state index contributed by atoms with van der Waals surface area (Å²) in [5.41, 5.74) is 2.24. The summed E-state index contributed by atoms with van der Waals surface area (Å²) < 4.78 is 0. The van der Waals surface area contributed by atoms with Crippen LogP contribution >= 0.6 is 11.3 Å². The molecule has 0 saturated heterocycles. The molecular formula is C15H14N2O2S. The molecule has 0 aliphatic heterocycles. The van der Waals surface area contributed by atoms with Gasteiger partial charge >= 0.3 is 0 Å². The number of thiophene rings is 1. The number of aliphatic hydroxyl groups excluding tert-OH is 1. The molecule has 0 bridgehead atoms. The Labute approximate surface area is 121 Å². The smallest absolute Gasteiger partial charge is 0.267 e. The number of aliphatic hydroxyl groups is 1. The van der Waals surface area contributed by atoms with Crippen molar-refractivity contribution in [2.75, 3.05) is 11.9 Å². The Bertz CT molecular complexity index is 668. The number of hydrogen-bond acceptors (Lipinski definition) is 4. The zero-order valence-corrected chi connectivity index (χ0v) is 11.8. The highest BCUT2D eigenvalue weighted by atomic mass is 32.1. The number of nitrogens with one attached hydrogen (secondary N) is 1. The first-order valence-corrected chi connectivity index (χ1v) is 7.00. The molecule has 2 rings (SSSR count). The van der Waals surface area contributed by atoms with Crippen molar-refractivity contribution >= 4 is 22.9 Å². The highest BCUT2D eigenvalue weighted by molar-refractivity contribution is 7.12. The predicted octanol–water partition coefficient (Wildman–Crippen LogP) is 2.44. The van der Waals surface area contributed by atoms with Crippen LogP contribution in [0.5, 0.6) is 0 Å². The highest BCUT2D eigenvalue weighted by Gasteiger charge is 2.12. The first kappa shape index (κ1) is 14.3. The van der Waals surface area contributed by atoms with E-state index in [1.54, 1.807) is 12.3 Å². The highest BCUT2D eigenvalue weighted by Crippen LogP contribution is 2.18. The van der Waals surface area contributed by atoms with E-state index in [1.807, 2.05) is 24.4 Å². The van der Waals surface area contributed by atoms with Gasteiger partial charge in [0, 0.05) is 29.6 Å². The Hall–Kier alpha value is -2.16. The van der Waals surface area contributed by atoms with Crippen LogP contribution in [0.4, 0.5) is 5.69 Å². The average molecular weight is 286 g/mol. The van der Waals surface area contributed by atoms with Gasteiger partial charge in [-0.25, -0.2) is 0 Å². The summed E-state index contributed by atoms with van der Waals surface area (Å²) in [4.78, 5) is 16.9. The normalized spacial score (nSPS) is 9.70. The number of anilines is 1. The van der Waals surface area contributed by atoms with Crippen molar-refractivity contribution in [3.8, 4) is 11.8 Å². The number of pyridine rings is 1. The van der Waals surface area contributed by atoms with Gasteiger partial charge in [-0.3, -0.25) is 9.78 Å². The molecule has 5 heteroatoms. The molecule has 0 spiro atoms. The lowest BCUT2D eigenvalue weighted by Gasteiger charge is -2.04. The molecule has 2 N–H and O–H groups in total. The quantitative estimate of drug-likeness (QED) is 0.852. The average Bonchev–Trinajstić information content (AvgIpc) is 2.87. The van der Waals surface area contributed by atoms with Gasteiger partial charge in [-0.15, -0.1) is 11.3 Å². The Balaban J connectivity index is 2.14. The number of rotatable bonds is 3. The number of carbonyl (C=O) groups is 1. The molecule has 2 aromatic heterocycles. The van der Waals surface area contributed by atoms with Crippen molar-refractivity contribution in [2.24, 2.45) is 0 Å². The molecule has 102 valence electrons. The molecule has 0 fully saturated rings. The zero-order valence-electron chi connectivity index (χ0n) is 11.0. The van der Waals surface area contributed by atoms with E-state index >= 15 is 0 Å². The molecule has 20 heavy (non-hydrogen) atoms. The van der Waals surface area contributed by atoms with E-state index in [-0.39, 0.29) is 12.5 Å². The standard InChI is InChI=1S/C15H14N2O2S/c1-11-10-13(5-7-16-11)17-15(19)14-12(6-9-20-14)4-2-3-8-18/h5-7,9-10,18H,3,8H2,1H3,(H,16,17,19). The largest absolute Gasteiger partial charge is 0.395 e. The van der Waals surface area contributed by atoms with Gasteiger partial charge in [0.2, 0.25) is 0 Å². The fraction of sp³-hybridized carbons (Fsp3) is 0.200. The van der Waals surface area contributed by atoms with E-state index in [9.17, 15) is 4.79 Å². The maximum atomic E-state index is 12.2. The Morgan fingerprint density at radius 3 is 3.10 bits per heavy atom. The van der Waals surface area contributed by atoms with Gasteiger partial charge in [0.05, 0.1) is 6.61 Å². The van der Waals surface area contributed by atoms with Gasteiger partial charge < -0.3 is 10.4 Å². The molecule has 0 radical (unpaired) electrons. The Morgan fingerprint density at radius 2 is 2.35 bits per heavy atom. The maximum absolute atomic E-state index is 12.2. The van der Waals surface area contributed by atoms with Gasteiger partial charge in [-0.05, 0) is 30.5 Å². The van der Waals surface area contributed by atoms with Crippen LogP contribution in [0.3, 0.4) is 0 Å². The van der Waals surface area contributed by atoms with Crippen LogP contribution in [0, 0.1) is 18.8 Å². The van der Waals surface area contributed by atoms with Crippen molar-refractivity contribution in [1.29, 1.82) is 0 Å². The van der Waals surface area contributed by atoms with Crippen LogP contribution in [0.15, 0.2) is 29.8 Å². The maximum Gasteiger partial charge on any atom is 0.267 e. The van der Waals surface area contributed by atoms with Gasteiger partial charge in [0.25, 0.3) is 5.91 Å². The zero-order chi connectivity index (χ0) is 14.4. The molecule has 0 unspecified atom stereocenters. The molecule has 2 heterocycles. The van der Waals surface area contributed by atoms with Crippen LogP contribution in [-0.4, -0.2) is 22.6 Å². The number of hydrogen-bond donors (Lipinski definition) is 2. The molecule has 0 saturated carbocycles. The second-order valence-corrected chi connectivity index (χ2v) is 4.99. The third kappa shape index (κ3) is 3.67. The van der Waals surface area contributed by atoms with Gasteiger partial charge in [-0.1, -0.05) is 11.8 Å². The Kier molecular flexibility index (Phi) is 4.88. The number of aryl methyl sites for hydroxylation is 1. The third-order valence-corrected chi connectivity index (χ3v) is 3.40. The first-order valence-electron chi connectivity index (χ1n) is 6.12. The van der Waals surface area contributed by atoms with Crippen LogP contribution < -0.4 is 5.32 Å². The number of aromatic nitrogens is 1. The summed E-state index contributed by atoms with van der Waals surface area (Å²) >= 11 is 1.35. The molecule has 2 aromatic rings. The monoisotopic (exact) mass is 286 g/mol. The molecular weight excluding hydrogens is 272 g/mol. The van der Waals surface area contributed by atoms with Gasteiger partial charge in [0.15, 0.2) is 0 Å². The van der Waals surface area contributed by atoms with Crippen LogP contribution in [0.1, 0.15) is 27.3 Å². The van der Waals surface area contributed by atoms with E-state index < -0.39 is 0 Å². The SMILES string of the molecule is Cc1cc(NC(=O)c2sccc2C#CCCO)ccn1.